The van der Waals surface area contributed by atoms with Crippen LogP contribution in [0.1, 0.15) is 36.1 Å². The summed E-state index contributed by atoms with van der Waals surface area (Å²) in [6.45, 7) is 2.74. The maximum Gasteiger partial charge on any atom is 0.223 e. The van der Waals surface area contributed by atoms with Gasteiger partial charge in [-0.25, -0.2) is 0 Å². The van der Waals surface area contributed by atoms with Gasteiger partial charge in [0, 0.05) is 16.8 Å². The van der Waals surface area contributed by atoms with Crippen LogP contribution in [-0.2, 0) is 11.3 Å². The summed E-state index contributed by atoms with van der Waals surface area (Å²) in [5, 5.41) is 5.09. The summed E-state index contributed by atoms with van der Waals surface area (Å²) >= 11 is 1.70. The van der Waals surface area contributed by atoms with E-state index >= 15 is 0 Å². The van der Waals surface area contributed by atoms with Crippen molar-refractivity contribution in [3.63, 3.8) is 0 Å². The second kappa shape index (κ2) is 7.12. The van der Waals surface area contributed by atoms with Gasteiger partial charge in [0.05, 0.1) is 6.54 Å². The third kappa shape index (κ3) is 3.97. The molecule has 0 saturated heterocycles. The first-order valence-corrected chi connectivity index (χ1v) is 7.11. The number of carbonyl (C=O) groups is 1. The molecule has 1 aromatic rings. The smallest absolute Gasteiger partial charge is 0.223 e. The Kier molecular flexibility index (Phi) is 6.12. The lowest BCUT2D eigenvalue weighted by molar-refractivity contribution is -0.126. The Morgan fingerprint density at radius 3 is 2.94 bits per heavy atom. The SMILES string of the molecule is Cc1ccsc1CNC(=O)C1CCCC(N)C1.Cl. The number of carbonyl (C=O) groups excluding carboxylic acids is 1. The molecule has 5 heteroatoms. The second-order valence-corrected chi connectivity index (χ2v) is 5.87. The molecule has 1 aliphatic rings. The van der Waals surface area contributed by atoms with Gasteiger partial charge in [0.1, 0.15) is 0 Å². The highest BCUT2D eigenvalue weighted by molar-refractivity contribution is 7.10. The van der Waals surface area contributed by atoms with Gasteiger partial charge in [0.15, 0.2) is 0 Å². The molecule has 2 rings (SSSR count). The fraction of sp³-hybridized carbons (Fsp3) is 0.615. The van der Waals surface area contributed by atoms with Crippen LogP contribution in [-0.4, -0.2) is 11.9 Å². The molecule has 0 aliphatic heterocycles. The fourth-order valence-corrected chi connectivity index (χ4v) is 3.21. The monoisotopic (exact) mass is 288 g/mol. The van der Waals surface area contributed by atoms with E-state index in [0.29, 0.717) is 6.54 Å². The number of hydrogen-bond donors (Lipinski definition) is 2. The summed E-state index contributed by atoms with van der Waals surface area (Å²) in [5.41, 5.74) is 7.16. The van der Waals surface area contributed by atoms with Crippen LogP contribution in [0.2, 0.25) is 0 Å². The van der Waals surface area contributed by atoms with Gasteiger partial charge in [-0.1, -0.05) is 6.42 Å². The van der Waals surface area contributed by atoms with Crippen molar-refractivity contribution >= 4 is 29.7 Å². The van der Waals surface area contributed by atoms with Crippen LogP contribution in [0, 0.1) is 12.8 Å². The van der Waals surface area contributed by atoms with E-state index in [0.717, 1.165) is 25.7 Å². The highest BCUT2D eigenvalue weighted by Gasteiger charge is 2.25. The van der Waals surface area contributed by atoms with E-state index in [4.69, 9.17) is 5.73 Å². The Hall–Kier alpha value is -0.580. The van der Waals surface area contributed by atoms with Crippen LogP contribution in [0.3, 0.4) is 0 Å². The van der Waals surface area contributed by atoms with E-state index < -0.39 is 0 Å². The lowest BCUT2D eigenvalue weighted by Crippen LogP contribution is -2.37. The first-order valence-electron chi connectivity index (χ1n) is 6.23. The van der Waals surface area contributed by atoms with Crippen LogP contribution >= 0.6 is 23.7 Å². The average Bonchev–Trinajstić information content (AvgIpc) is 2.72. The van der Waals surface area contributed by atoms with Crippen molar-refractivity contribution in [1.29, 1.82) is 0 Å². The number of nitrogens with two attached hydrogens (primary N) is 1. The Balaban J connectivity index is 0.00000162. The molecule has 2 unspecified atom stereocenters. The summed E-state index contributed by atoms with van der Waals surface area (Å²) in [6, 6.07) is 2.30. The lowest BCUT2D eigenvalue weighted by atomic mass is 9.85. The zero-order chi connectivity index (χ0) is 12.3. The minimum absolute atomic E-state index is 0. The predicted octanol–water partition coefficient (Wildman–Crippen LogP) is 2.61. The van der Waals surface area contributed by atoms with Crippen molar-refractivity contribution in [3.8, 4) is 0 Å². The molecule has 2 atom stereocenters. The van der Waals surface area contributed by atoms with Gasteiger partial charge >= 0.3 is 0 Å². The predicted molar refractivity (Wildman–Crippen MR) is 78.1 cm³/mol. The number of hydrogen-bond acceptors (Lipinski definition) is 3. The topological polar surface area (TPSA) is 55.1 Å². The molecule has 1 aromatic heterocycles. The van der Waals surface area contributed by atoms with Gasteiger partial charge in [-0.3, -0.25) is 4.79 Å². The van der Waals surface area contributed by atoms with Crippen molar-refractivity contribution in [2.75, 3.05) is 0 Å². The molecule has 3 N–H and O–H groups in total. The summed E-state index contributed by atoms with van der Waals surface area (Å²) in [7, 11) is 0. The van der Waals surface area contributed by atoms with Crippen LogP contribution in [0.4, 0.5) is 0 Å². The molecule has 0 bridgehead atoms. The lowest BCUT2D eigenvalue weighted by Gasteiger charge is -2.25. The summed E-state index contributed by atoms with van der Waals surface area (Å²) in [4.78, 5) is 13.2. The molecule has 1 aliphatic carbocycles. The molecule has 18 heavy (non-hydrogen) atoms. The van der Waals surface area contributed by atoms with Gasteiger partial charge < -0.3 is 11.1 Å². The molecule has 0 radical (unpaired) electrons. The number of thiophene rings is 1. The summed E-state index contributed by atoms with van der Waals surface area (Å²) in [6.07, 6.45) is 3.98. The molecule has 1 saturated carbocycles. The van der Waals surface area contributed by atoms with Crippen molar-refractivity contribution in [3.05, 3.63) is 21.9 Å². The minimum atomic E-state index is 0. The number of rotatable bonds is 3. The normalized spacial score (nSPS) is 23.2. The van der Waals surface area contributed by atoms with Gasteiger partial charge in [-0.05, 0) is 43.2 Å². The largest absolute Gasteiger partial charge is 0.351 e. The highest BCUT2D eigenvalue weighted by Crippen LogP contribution is 2.23. The summed E-state index contributed by atoms with van der Waals surface area (Å²) < 4.78 is 0. The molecular weight excluding hydrogens is 268 g/mol. The van der Waals surface area contributed by atoms with E-state index in [1.165, 1.54) is 10.4 Å². The van der Waals surface area contributed by atoms with E-state index in [-0.39, 0.29) is 30.3 Å². The molecule has 1 fully saturated rings. The number of amides is 1. The van der Waals surface area contributed by atoms with E-state index in [1.807, 2.05) is 0 Å². The number of halogens is 1. The Morgan fingerprint density at radius 2 is 2.33 bits per heavy atom. The van der Waals surface area contributed by atoms with Crippen molar-refractivity contribution in [1.82, 2.24) is 5.32 Å². The zero-order valence-corrected chi connectivity index (χ0v) is 12.3. The molecule has 1 heterocycles. The van der Waals surface area contributed by atoms with Gasteiger partial charge in [0.2, 0.25) is 5.91 Å². The second-order valence-electron chi connectivity index (χ2n) is 4.87. The van der Waals surface area contributed by atoms with Gasteiger partial charge in [-0.2, -0.15) is 0 Å². The van der Waals surface area contributed by atoms with Gasteiger partial charge in [-0.15, -0.1) is 23.7 Å². The fourth-order valence-electron chi connectivity index (χ4n) is 2.36. The summed E-state index contributed by atoms with van der Waals surface area (Å²) in [5.74, 6) is 0.298. The van der Waals surface area contributed by atoms with Crippen LogP contribution in [0.25, 0.3) is 0 Å². The standard InChI is InChI=1S/C13H20N2OS.ClH/c1-9-5-6-17-12(9)8-15-13(16)10-3-2-4-11(14)7-10;/h5-6,10-11H,2-4,7-8,14H2,1H3,(H,15,16);1H. The maximum absolute atomic E-state index is 12.0. The molecular formula is C13H21ClN2OS. The molecule has 1 amide bonds. The van der Waals surface area contributed by atoms with Crippen molar-refractivity contribution in [2.45, 2.75) is 45.2 Å². The first-order chi connectivity index (χ1) is 8.16. The van der Waals surface area contributed by atoms with Crippen LogP contribution in [0.5, 0.6) is 0 Å². The van der Waals surface area contributed by atoms with Crippen LogP contribution in [0.15, 0.2) is 11.4 Å². The van der Waals surface area contributed by atoms with E-state index in [2.05, 4.69) is 23.7 Å². The van der Waals surface area contributed by atoms with Gasteiger partial charge in [0.25, 0.3) is 0 Å². The zero-order valence-electron chi connectivity index (χ0n) is 10.6. The Bertz CT molecular complexity index is 394. The molecule has 102 valence electrons. The first kappa shape index (κ1) is 15.5. The Morgan fingerprint density at radius 1 is 1.56 bits per heavy atom. The van der Waals surface area contributed by atoms with Crippen LogP contribution < -0.4 is 11.1 Å². The van der Waals surface area contributed by atoms with Crippen molar-refractivity contribution < 1.29 is 4.79 Å². The maximum atomic E-state index is 12.0. The molecule has 0 aromatic carbocycles. The Labute approximate surface area is 119 Å². The third-order valence-corrected chi connectivity index (χ3v) is 4.50. The van der Waals surface area contributed by atoms with E-state index in [1.54, 1.807) is 11.3 Å². The molecule has 3 nitrogen and oxygen atoms in total. The quantitative estimate of drug-likeness (QED) is 0.898. The van der Waals surface area contributed by atoms with Crippen molar-refractivity contribution in [2.24, 2.45) is 11.7 Å². The highest BCUT2D eigenvalue weighted by atomic mass is 35.5. The van der Waals surface area contributed by atoms with E-state index in [9.17, 15) is 4.79 Å². The third-order valence-electron chi connectivity index (χ3n) is 3.48. The number of aryl methyl sites for hydroxylation is 1. The average molecular weight is 289 g/mol. The molecule has 0 spiro atoms. The number of nitrogens with one attached hydrogen (secondary N) is 1. The minimum Gasteiger partial charge on any atom is -0.351 e.